The topological polar surface area (TPSA) is 41.5 Å². The van der Waals surface area contributed by atoms with Gasteiger partial charge in [0.25, 0.3) is 0 Å². The molecule has 0 bridgehead atoms. The van der Waals surface area contributed by atoms with Gasteiger partial charge >= 0.3 is 0 Å². The van der Waals surface area contributed by atoms with E-state index < -0.39 is 0 Å². The third-order valence-electron chi connectivity index (χ3n) is 3.32. The van der Waals surface area contributed by atoms with Crippen LogP contribution in [-0.2, 0) is 0 Å². The number of aliphatic hydroxyl groups is 1. The first-order valence-corrected chi connectivity index (χ1v) is 6.51. The van der Waals surface area contributed by atoms with Crippen LogP contribution in [0, 0.1) is 12.8 Å². The van der Waals surface area contributed by atoms with E-state index in [0.717, 1.165) is 11.3 Å². The third kappa shape index (κ3) is 3.72. The van der Waals surface area contributed by atoms with Crippen molar-refractivity contribution in [2.45, 2.75) is 39.8 Å². The fraction of sp³-hybridized carbons (Fsp3) is 0.600. The maximum atomic E-state index is 9.38. The average molecular weight is 251 g/mol. The van der Waals surface area contributed by atoms with Crippen molar-refractivity contribution in [3.8, 4) is 5.75 Å². The minimum Gasteiger partial charge on any atom is -0.496 e. The van der Waals surface area contributed by atoms with Gasteiger partial charge in [0.15, 0.2) is 0 Å². The number of nitrogens with one attached hydrogen (secondary N) is 1. The van der Waals surface area contributed by atoms with Crippen LogP contribution in [0.25, 0.3) is 0 Å². The monoisotopic (exact) mass is 251 g/mol. The molecule has 2 N–H and O–H groups in total. The summed E-state index contributed by atoms with van der Waals surface area (Å²) in [5.41, 5.74) is 2.35. The Balaban J connectivity index is 2.88. The molecule has 2 atom stereocenters. The summed E-state index contributed by atoms with van der Waals surface area (Å²) in [5, 5.41) is 12.8. The Bertz CT molecular complexity index is 377. The molecule has 0 saturated carbocycles. The molecule has 0 aromatic heterocycles. The maximum Gasteiger partial charge on any atom is 0.123 e. The molecule has 3 nitrogen and oxygen atoms in total. The van der Waals surface area contributed by atoms with Crippen LogP contribution < -0.4 is 10.1 Å². The molecule has 1 aromatic carbocycles. The Morgan fingerprint density at radius 3 is 2.44 bits per heavy atom. The highest BCUT2D eigenvalue weighted by molar-refractivity contribution is 5.38. The van der Waals surface area contributed by atoms with Crippen LogP contribution in [0.1, 0.15) is 37.9 Å². The fourth-order valence-electron chi connectivity index (χ4n) is 2.06. The summed E-state index contributed by atoms with van der Waals surface area (Å²) < 4.78 is 5.39. The first-order valence-electron chi connectivity index (χ1n) is 6.51. The molecule has 0 heterocycles. The molecular formula is C15H25NO2. The van der Waals surface area contributed by atoms with E-state index in [-0.39, 0.29) is 18.7 Å². The predicted molar refractivity (Wildman–Crippen MR) is 75.0 cm³/mol. The molecular weight excluding hydrogens is 226 g/mol. The quantitative estimate of drug-likeness (QED) is 0.816. The normalized spacial score (nSPS) is 14.6. The number of hydrogen-bond acceptors (Lipinski definition) is 3. The number of aryl methyl sites for hydroxylation is 1. The minimum atomic E-state index is 0.102. The molecule has 1 rings (SSSR count). The smallest absolute Gasteiger partial charge is 0.123 e. The van der Waals surface area contributed by atoms with Crippen LogP contribution in [0.3, 0.4) is 0 Å². The zero-order valence-electron chi connectivity index (χ0n) is 12.0. The number of benzene rings is 1. The minimum absolute atomic E-state index is 0.102. The van der Waals surface area contributed by atoms with Gasteiger partial charge in [0.05, 0.1) is 13.7 Å². The zero-order chi connectivity index (χ0) is 13.7. The van der Waals surface area contributed by atoms with Gasteiger partial charge in [-0.25, -0.2) is 0 Å². The number of hydrogen-bond donors (Lipinski definition) is 2. The predicted octanol–water partition coefficient (Wildman–Crippen LogP) is 2.67. The van der Waals surface area contributed by atoms with Gasteiger partial charge in [-0.1, -0.05) is 31.5 Å². The Labute approximate surface area is 110 Å². The lowest BCUT2D eigenvalue weighted by atomic mass is 10.00. The molecule has 0 aliphatic carbocycles. The van der Waals surface area contributed by atoms with Crippen molar-refractivity contribution in [1.29, 1.82) is 0 Å². The summed E-state index contributed by atoms with van der Waals surface area (Å²) >= 11 is 0. The first-order chi connectivity index (χ1) is 8.49. The summed E-state index contributed by atoms with van der Waals surface area (Å²) in [4.78, 5) is 0. The maximum absolute atomic E-state index is 9.38. The first kappa shape index (κ1) is 15.0. The van der Waals surface area contributed by atoms with Crippen LogP contribution in [0.5, 0.6) is 5.75 Å². The van der Waals surface area contributed by atoms with Gasteiger partial charge in [0.1, 0.15) is 5.75 Å². The van der Waals surface area contributed by atoms with Crippen LogP contribution in [0.2, 0.25) is 0 Å². The molecule has 0 radical (unpaired) electrons. The van der Waals surface area contributed by atoms with Crippen LogP contribution >= 0.6 is 0 Å². The molecule has 3 heteroatoms. The van der Waals surface area contributed by atoms with E-state index in [0.29, 0.717) is 5.92 Å². The second-order valence-electron chi connectivity index (χ2n) is 5.17. The van der Waals surface area contributed by atoms with Crippen LogP contribution in [0.15, 0.2) is 18.2 Å². The Morgan fingerprint density at radius 1 is 1.28 bits per heavy atom. The van der Waals surface area contributed by atoms with E-state index in [2.05, 4.69) is 39.1 Å². The molecule has 0 aliphatic rings. The van der Waals surface area contributed by atoms with Crippen molar-refractivity contribution in [2.24, 2.45) is 5.92 Å². The summed E-state index contributed by atoms with van der Waals surface area (Å²) in [5.74, 6) is 1.29. The fourth-order valence-corrected chi connectivity index (χ4v) is 2.06. The van der Waals surface area contributed by atoms with Gasteiger partial charge in [0, 0.05) is 17.6 Å². The summed E-state index contributed by atoms with van der Waals surface area (Å²) in [6.45, 7) is 8.53. The summed E-state index contributed by atoms with van der Waals surface area (Å²) in [6, 6.07) is 6.42. The largest absolute Gasteiger partial charge is 0.496 e. The van der Waals surface area contributed by atoms with Gasteiger partial charge in [-0.15, -0.1) is 0 Å². The molecule has 18 heavy (non-hydrogen) atoms. The van der Waals surface area contributed by atoms with E-state index in [1.165, 1.54) is 5.56 Å². The standard InChI is InChI=1S/C15H25NO2/c1-10(2)14(9-17)16-12(4)13-8-11(3)6-7-15(13)18-5/h6-8,10,12,14,16-17H,9H2,1-5H3. The van der Waals surface area contributed by atoms with Crippen LogP contribution in [-0.4, -0.2) is 24.9 Å². The van der Waals surface area contributed by atoms with Crippen molar-refractivity contribution in [3.05, 3.63) is 29.3 Å². The highest BCUT2D eigenvalue weighted by Gasteiger charge is 2.18. The number of aliphatic hydroxyl groups excluding tert-OH is 1. The Kier molecular flexibility index (Phi) is 5.63. The highest BCUT2D eigenvalue weighted by Crippen LogP contribution is 2.26. The van der Waals surface area contributed by atoms with Gasteiger partial charge in [-0.2, -0.15) is 0 Å². The second-order valence-corrected chi connectivity index (χ2v) is 5.17. The van der Waals surface area contributed by atoms with Crippen LogP contribution in [0.4, 0.5) is 0 Å². The average Bonchev–Trinajstić information content (AvgIpc) is 2.35. The van der Waals surface area contributed by atoms with E-state index in [4.69, 9.17) is 4.74 Å². The van der Waals surface area contributed by atoms with Gasteiger partial charge in [0.2, 0.25) is 0 Å². The lowest BCUT2D eigenvalue weighted by Crippen LogP contribution is -2.38. The van der Waals surface area contributed by atoms with E-state index in [1.807, 2.05) is 12.1 Å². The lowest BCUT2D eigenvalue weighted by Gasteiger charge is -2.26. The Hall–Kier alpha value is -1.06. The highest BCUT2D eigenvalue weighted by atomic mass is 16.5. The summed E-state index contributed by atoms with van der Waals surface area (Å²) in [7, 11) is 1.69. The third-order valence-corrected chi connectivity index (χ3v) is 3.32. The van der Waals surface area contributed by atoms with Gasteiger partial charge < -0.3 is 15.2 Å². The van der Waals surface area contributed by atoms with Crippen molar-refractivity contribution in [3.63, 3.8) is 0 Å². The lowest BCUT2D eigenvalue weighted by molar-refractivity contribution is 0.200. The van der Waals surface area contributed by atoms with E-state index in [9.17, 15) is 5.11 Å². The van der Waals surface area contributed by atoms with Crippen molar-refractivity contribution in [1.82, 2.24) is 5.32 Å². The molecule has 102 valence electrons. The Morgan fingerprint density at radius 2 is 1.94 bits per heavy atom. The second kappa shape index (κ2) is 6.76. The molecule has 1 aromatic rings. The number of methoxy groups -OCH3 is 1. The molecule has 0 saturated heterocycles. The zero-order valence-corrected chi connectivity index (χ0v) is 12.0. The molecule has 0 fully saturated rings. The summed E-state index contributed by atoms with van der Waals surface area (Å²) in [6.07, 6.45) is 0. The molecule has 0 aliphatic heterocycles. The van der Waals surface area contributed by atoms with E-state index >= 15 is 0 Å². The SMILES string of the molecule is COc1ccc(C)cc1C(C)NC(CO)C(C)C. The molecule has 2 unspecified atom stereocenters. The molecule has 0 amide bonds. The van der Waals surface area contributed by atoms with Gasteiger partial charge in [-0.3, -0.25) is 0 Å². The van der Waals surface area contributed by atoms with Crippen molar-refractivity contribution in [2.75, 3.05) is 13.7 Å². The molecule has 0 spiro atoms. The number of rotatable bonds is 6. The van der Waals surface area contributed by atoms with Gasteiger partial charge in [-0.05, 0) is 25.8 Å². The number of ether oxygens (including phenoxy) is 1. The van der Waals surface area contributed by atoms with Crippen molar-refractivity contribution >= 4 is 0 Å². The van der Waals surface area contributed by atoms with Crippen molar-refractivity contribution < 1.29 is 9.84 Å². The van der Waals surface area contributed by atoms with E-state index in [1.54, 1.807) is 7.11 Å².